The topological polar surface area (TPSA) is 81.2 Å². The number of carbonyl (C=O) groups is 1. The zero-order valence-corrected chi connectivity index (χ0v) is 18.2. The average Bonchev–Trinajstić information content (AvgIpc) is 3.02. The molecule has 1 aliphatic heterocycles. The minimum Gasteiger partial charge on any atom is -0.387 e. The van der Waals surface area contributed by atoms with E-state index in [9.17, 15) is 9.90 Å². The predicted octanol–water partition coefficient (Wildman–Crippen LogP) is 3.83. The van der Waals surface area contributed by atoms with Crippen LogP contribution in [0.3, 0.4) is 0 Å². The van der Waals surface area contributed by atoms with Gasteiger partial charge in [0.2, 0.25) is 0 Å². The Morgan fingerprint density at radius 2 is 2.00 bits per heavy atom. The number of amides is 1. The van der Waals surface area contributed by atoms with Crippen LogP contribution in [0.2, 0.25) is 0 Å². The third kappa shape index (κ3) is 5.14. The van der Waals surface area contributed by atoms with Gasteiger partial charge in [-0.05, 0) is 43.9 Å². The number of nitrogens with zero attached hydrogens (tertiary/aromatic N) is 2. The number of H-pyrrole nitrogens is 1. The van der Waals surface area contributed by atoms with Gasteiger partial charge in [-0.1, -0.05) is 31.0 Å². The Labute approximate surface area is 183 Å². The van der Waals surface area contributed by atoms with E-state index in [2.05, 4.69) is 28.3 Å². The van der Waals surface area contributed by atoms with Crippen LogP contribution in [0.5, 0.6) is 0 Å². The standard InChI is InChI=1S/C25H32N4O2/c1-18(27-17-23(30)19-8-7-11-26-15-19)14-20-16-28-24-21(20)9-6-10-22(24)25(31)29-12-4-2-3-5-13-29/h6-11,15-16,18,23,27-28,30H,2-5,12-14,17H2,1H3/t18-,23-/m1/s1. The van der Waals surface area contributed by atoms with Gasteiger partial charge in [-0.2, -0.15) is 0 Å². The first-order chi connectivity index (χ1) is 15.1. The van der Waals surface area contributed by atoms with Gasteiger partial charge in [-0.15, -0.1) is 0 Å². The van der Waals surface area contributed by atoms with Crippen LogP contribution in [0.25, 0.3) is 10.9 Å². The van der Waals surface area contributed by atoms with Crippen molar-refractivity contribution in [2.75, 3.05) is 19.6 Å². The van der Waals surface area contributed by atoms with Crippen molar-refractivity contribution in [3.8, 4) is 0 Å². The lowest BCUT2D eigenvalue weighted by molar-refractivity contribution is 0.0763. The fraction of sp³-hybridized carbons (Fsp3) is 0.440. The number of para-hydroxylation sites is 1. The van der Waals surface area contributed by atoms with Crippen molar-refractivity contribution in [2.45, 2.75) is 51.2 Å². The number of hydrogen-bond acceptors (Lipinski definition) is 4. The second-order valence-corrected chi connectivity index (χ2v) is 8.56. The molecule has 1 fully saturated rings. The summed E-state index contributed by atoms with van der Waals surface area (Å²) < 4.78 is 0. The number of aliphatic hydroxyl groups excluding tert-OH is 1. The molecule has 0 saturated carbocycles. The highest BCUT2D eigenvalue weighted by Crippen LogP contribution is 2.25. The summed E-state index contributed by atoms with van der Waals surface area (Å²) in [5.74, 6) is 0.131. The Morgan fingerprint density at radius 3 is 2.74 bits per heavy atom. The minimum absolute atomic E-state index is 0.131. The average molecular weight is 421 g/mol. The molecule has 1 amide bonds. The van der Waals surface area contributed by atoms with Gasteiger partial charge in [0.1, 0.15) is 0 Å². The first-order valence-corrected chi connectivity index (χ1v) is 11.3. The molecular formula is C25H32N4O2. The molecule has 3 heterocycles. The molecule has 1 aliphatic rings. The quantitative estimate of drug-likeness (QED) is 0.543. The van der Waals surface area contributed by atoms with Crippen molar-refractivity contribution >= 4 is 16.8 Å². The zero-order valence-electron chi connectivity index (χ0n) is 18.2. The molecule has 6 heteroatoms. The molecule has 4 rings (SSSR count). The molecule has 0 radical (unpaired) electrons. The maximum atomic E-state index is 13.2. The number of likely N-dealkylation sites (tertiary alicyclic amines) is 1. The largest absolute Gasteiger partial charge is 0.387 e. The van der Waals surface area contributed by atoms with Gasteiger partial charge in [-0.3, -0.25) is 9.78 Å². The number of rotatable bonds is 7. The van der Waals surface area contributed by atoms with Crippen LogP contribution >= 0.6 is 0 Å². The van der Waals surface area contributed by atoms with Gasteiger partial charge in [0.25, 0.3) is 5.91 Å². The summed E-state index contributed by atoms with van der Waals surface area (Å²) in [7, 11) is 0. The summed E-state index contributed by atoms with van der Waals surface area (Å²) in [6.45, 7) is 4.28. The molecule has 3 N–H and O–H groups in total. The summed E-state index contributed by atoms with van der Waals surface area (Å²) in [4.78, 5) is 22.6. The van der Waals surface area contributed by atoms with E-state index in [-0.39, 0.29) is 11.9 Å². The van der Waals surface area contributed by atoms with E-state index in [4.69, 9.17) is 0 Å². The monoisotopic (exact) mass is 420 g/mol. The lowest BCUT2D eigenvalue weighted by Gasteiger charge is -2.20. The molecule has 1 aromatic carbocycles. The highest BCUT2D eigenvalue weighted by molar-refractivity contribution is 6.06. The SMILES string of the molecule is C[C@H](Cc1c[nH]c2c(C(=O)N3CCCCCC3)cccc12)NC[C@@H](O)c1cccnc1. The highest BCUT2D eigenvalue weighted by Gasteiger charge is 2.21. The van der Waals surface area contributed by atoms with Gasteiger partial charge in [0.15, 0.2) is 0 Å². The van der Waals surface area contributed by atoms with Crippen LogP contribution in [-0.2, 0) is 6.42 Å². The molecule has 0 spiro atoms. The summed E-state index contributed by atoms with van der Waals surface area (Å²) in [6, 6.07) is 9.88. The minimum atomic E-state index is -0.586. The van der Waals surface area contributed by atoms with Crippen molar-refractivity contribution < 1.29 is 9.90 Å². The number of aromatic amines is 1. The fourth-order valence-corrected chi connectivity index (χ4v) is 4.41. The van der Waals surface area contributed by atoms with Crippen LogP contribution in [0.1, 0.15) is 60.2 Å². The number of hydrogen-bond donors (Lipinski definition) is 3. The third-order valence-corrected chi connectivity index (χ3v) is 6.18. The number of fused-ring (bicyclic) bond motifs is 1. The lowest BCUT2D eigenvalue weighted by atomic mass is 10.0. The Bertz CT molecular complexity index is 993. The second-order valence-electron chi connectivity index (χ2n) is 8.56. The molecule has 6 nitrogen and oxygen atoms in total. The van der Waals surface area contributed by atoms with Gasteiger partial charge in [-0.25, -0.2) is 0 Å². The van der Waals surface area contributed by atoms with Gasteiger partial charge < -0.3 is 20.3 Å². The van der Waals surface area contributed by atoms with Crippen LogP contribution < -0.4 is 5.32 Å². The Kier molecular flexibility index (Phi) is 6.99. The number of nitrogens with one attached hydrogen (secondary N) is 2. The number of carbonyl (C=O) groups excluding carboxylic acids is 1. The van der Waals surface area contributed by atoms with E-state index >= 15 is 0 Å². The maximum Gasteiger partial charge on any atom is 0.255 e. The molecule has 0 bridgehead atoms. The first-order valence-electron chi connectivity index (χ1n) is 11.3. The van der Waals surface area contributed by atoms with E-state index in [1.54, 1.807) is 12.4 Å². The normalized spacial score (nSPS) is 16.8. The van der Waals surface area contributed by atoms with Crippen molar-refractivity contribution in [1.82, 2.24) is 20.2 Å². The molecule has 2 atom stereocenters. The van der Waals surface area contributed by atoms with E-state index < -0.39 is 6.10 Å². The highest BCUT2D eigenvalue weighted by atomic mass is 16.3. The molecule has 31 heavy (non-hydrogen) atoms. The predicted molar refractivity (Wildman–Crippen MR) is 123 cm³/mol. The maximum absolute atomic E-state index is 13.2. The van der Waals surface area contributed by atoms with E-state index in [1.165, 1.54) is 18.4 Å². The third-order valence-electron chi connectivity index (χ3n) is 6.18. The Balaban J connectivity index is 1.43. The van der Waals surface area contributed by atoms with Gasteiger partial charge >= 0.3 is 0 Å². The number of aliphatic hydroxyl groups is 1. The van der Waals surface area contributed by atoms with Crippen molar-refractivity contribution in [3.63, 3.8) is 0 Å². The number of aromatic nitrogens is 2. The van der Waals surface area contributed by atoms with E-state index in [1.807, 2.05) is 35.4 Å². The van der Waals surface area contributed by atoms with Gasteiger partial charge in [0.05, 0.1) is 17.2 Å². The molecule has 2 aromatic heterocycles. The molecule has 1 saturated heterocycles. The van der Waals surface area contributed by atoms with Crippen LogP contribution in [-0.4, -0.2) is 51.6 Å². The fourth-order valence-electron chi connectivity index (χ4n) is 4.41. The summed E-state index contributed by atoms with van der Waals surface area (Å²) in [5, 5.41) is 14.9. The smallest absolute Gasteiger partial charge is 0.255 e. The number of pyridine rings is 1. The van der Waals surface area contributed by atoms with E-state index in [0.717, 1.165) is 54.4 Å². The molecular weight excluding hydrogens is 388 g/mol. The molecule has 164 valence electrons. The van der Waals surface area contributed by atoms with E-state index in [0.29, 0.717) is 6.54 Å². The van der Waals surface area contributed by atoms with Crippen molar-refractivity contribution in [1.29, 1.82) is 0 Å². The molecule has 3 aromatic rings. The summed E-state index contributed by atoms with van der Waals surface area (Å²) in [5.41, 5.74) is 3.68. The molecule has 0 unspecified atom stereocenters. The Morgan fingerprint density at radius 1 is 1.19 bits per heavy atom. The van der Waals surface area contributed by atoms with Crippen molar-refractivity contribution in [3.05, 3.63) is 65.6 Å². The first kappa shape index (κ1) is 21.5. The van der Waals surface area contributed by atoms with Gasteiger partial charge in [0, 0.05) is 55.2 Å². The second kappa shape index (κ2) is 10.1. The van der Waals surface area contributed by atoms with Crippen molar-refractivity contribution in [2.24, 2.45) is 0 Å². The molecule has 0 aliphatic carbocycles. The van der Waals surface area contributed by atoms with Crippen LogP contribution in [0.15, 0.2) is 48.9 Å². The lowest BCUT2D eigenvalue weighted by Crippen LogP contribution is -2.32. The zero-order chi connectivity index (χ0) is 21.6. The van der Waals surface area contributed by atoms with Crippen LogP contribution in [0.4, 0.5) is 0 Å². The Hall–Kier alpha value is -2.70. The summed E-state index contributed by atoms with van der Waals surface area (Å²) >= 11 is 0. The number of benzene rings is 1. The van der Waals surface area contributed by atoms with Crippen LogP contribution in [0, 0.1) is 0 Å². The summed E-state index contributed by atoms with van der Waals surface area (Å²) in [6.07, 6.45) is 10.2.